The maximum Gasteiger partial charge on any atom is 0.331 e. The number of rotatable bonds is 9. The molecule has 0 aromatic heterocycles. The lowest BCUT2D eigenvalue weighted by Crippen LogP contribution is -2.55. The number of methoxy groups -OCH3 is 1. The van der Waals surface area contributed by atoms with Gasteiger partial charge in [-0.1, -0.05) is 0 Å². The standard InChI is InChI=1S/C15H21NO5S/c1-4-21-11-5-7-12(8-6-11)22-9-13(17)16-15(2,10-20-3)14(18)19/h5-8H,4,9-10H2,1-3H3,(H,16,17)(H,18,19). The summed E-state index contributed by atoms with van der Waals surface area (Å²) in [6.07, 6.45) is 0. The van der Waals surface area contributed by atoms with Crippen LogP contribution in [0, 0.1) is 0 Å². The predicted octanol–water partition coefficient (Wildman–Crippen LogP) is 1.78. The molecular weight excluding hydrogens is 306 g/mol. The lowest BCUT2D eigenvalue weighted by atomic mass is 10.0. The van der Waals surface area contributed by atoms with E-state index in [-0.39, 0.29) is 18.3 Å². The first-order valence-electron chi connectivity index (χ1n) is 6.80. The summed E-state index contributed by atoms with van der Waals surface area (Å²) < 4.78 is 10.2. The highest BCUT2D eigenvalue weighted by Gasteiger charge is 2.34. The molecule has 0 spiro atoms. The number of benzene rings is 1. The number of hydrogen-bond acceptors (Lipinski definition) is 5. The molecule has 22 heavy (non-hydrogen) atoms. The van der Waals surface area contributed by atoms with Gasteiger partial charge >= 0.3 is 5.97 Å². The van der Waals surface area contributed by atoms with Gasteiger partial charge in [0.25, 0.3) is 0 Å². The average molecular weight is 327 g/mol. The number of aliphatic carboxylic acids is 1. The average Bonchev–Trinajstić information content (AvgIpc) is 2.47. The van der Waals surface area contributed by atoms with Gasteiger partial charge in [0.15, 0.2) is 5.54 Å². The van der Waals surface area contributed by atoms with E-state index in [0.29, 0.717) is 6.61 Å². The van der Waals surface area contributed by atoms with Crippen molar-refractivity contribution in [2.24, 2.45) is 0 Å². The first-order valence-corrected chi connectivity index (χ1v) is 7.79. The Labute approximate surface area is 134 Å². The SMILES string of the molecule is CCOc1ccc(SCC(=O)NC(C)(COC)C(=O)O)cc1. The van der Waals surface area contributed by atoms with Gasteiger partial charge in [0.1, 0.15) is 5.75 Å². The van der Waals surface area contributed by atoms with Crippen LogP contribution in [0.15, 0.2) is 29.2 Å². The first kappa shape index (κ1) is 18.3. The van der Waals surface area contributed by atoms with Gasteiger partial charge in [0.2, 0.25) is 5.91 Å². The number of carbonyl (C=O) groups excluding carboxylic acids is 1. The first-order chi connectivity index (χ1) is 10.4. The summed E-state index contributed by atoms with van der Waals surface area (Å²) in [4.78, 5) is 24.0. The summed E-state index contributed by atoms with van der Waals surface area (Å²) in [5, 5.41) is 11.7. The summed E-state index contributed by atoms with van der Waals surface area (Å²) in [6.45, 7) is 3.83. The molecule has 0 heterocycles. The highest BCUT2D eigenvalue weighted by Crippen LogP contribution is 2.21. The minimum Gasteiger partial charge on any atom is -0.494 e. The fourth-order valence-electron chi connectivity index (χ4n) is 1.73. The molecule has 2 N–H and O–H groups in total. The predicted molar refractivity (Wildman–Crippen MR) is 84.4 cm³/mol. The number of thioether (sulfide) groups is 1. The third kappa shape index (κ3) is 5.57. The number of nitrogens with one attached hydrogen (secondary N) is 1. The fraction of sp³-hybridized carbons (Fsp3) is 0.467. The van der Waals surface area contributed by atoms with Crippen molar-refractivity contribution in [3.8, 4) is 5.75 Å². The van der Waals surface area contributed by atoms with Crippen LogP contribution in [0.25, 0.3) is 0 Å². The van der Waals surface area contributed by atoms with Crippen molar-refractivity contribution < 1.29 is 24.2 Å². The van der Waals surface area contributed by atoms with E-state index in [1.165, 1.54) is 25.8 Å². The molecule has 0 saturated carbocycles. The van der Waals surface area contributed by atoms with Gasteiger partial charge in [-0.3, -0.25) is 4.79 Å². The van der Waals surface area contributed by atoms with Gasteiger partial charge in [-0.15, -0.1) is 11.8 Å². The lowest BCUT2D eigenvalue weighted by molar-refractivity contribution is -0.148. The number of carbonyl (C=O) groups is 2. The number of carboxylic acids is 1. The normalized spacial score (nSPS) is 13.2. The van der Waals surface area contributed by atoms with Crippen LogP contribution in [-0.4, -0.2) is 48.6 Å². The summed E-state index contributed by atoms with van der Waals surface area (Å²) in [6, 6.07) is 7.37. The van der Waals surface area contributed by atoms with Crippen LogP contribution in [0.4, 0.5) is 0 Å². The zero-order valence-electron chi connectivity index (χ0n) is 12.9. The summed E-state index contributed by atoms with van der Waals surface area (Å²) in [5.74, 6) is -0.593. The molecular formula is C15H21NO5S. The third-order valence-electron chi connectivity index (χ3n) is 2.83. The minimum absolute atomic E-state index is 0.0954. The largest absolute Gasteiger partial charge is 0.494 e. The lowest BCUT2D eigenvalue weighted by Gasteiger charge is -2.25. The molecule has 0 aliphatic carbocycles. The quantitative estimate of drug-likeness (QED) is 0.673. The molecule has 0 radical (unpaired) electrons. The Balaban J connectivity index is 2.53. The van der Waals surface area contributed by atoms with Crippen molar-refractivity contribution in [3.63, 3.8) is 0 Å². The van der Waals surface area contributed by atoms with Crippen LogP contribution in [0.3, 0.4) is 0 Å². The number of amides is 1. The van der Waals surface area contributed by atoms with E-state index < -0.39 is 11.5 Å². The summed E-state index contributed by atoms with van der Waals surface area (Å²) in [7, 11) is 1.39. The Hall–Kier alpha value is -1.73. The van der Waals surface area contributed by atoms with E-state index in [4.69, 9.17) is 14.6 Å². The van der Waals surface area contributed by atoms with Crippen LogP contribution in [0.1, 0.15) is 13.8 Å². The van der Waals surface area contributed by atoms with Crippen molar-refractivity contribution >= 4 is 23.6 Å². The van der Waals surface area contributed by atoms with E-state index in [1.54, 1.807) is 0 Å². The molecule has 0 bridgehead atoms. The van der Waals surface area contributed by atoms with Crippen molar-refractivity contribution in [2.75, 3.05) is 26.1 Å². The number of carboxylic acid groups (broad SMARTS) is 1. The van der Waals surface area contributed by atoms with Crippen molar-refractivity contribution in [3.05, 3.63) is 24.3 Å². The van der Waals surface area contributed by atoms with Gasteiger partial charge in [0, 0.05) is 12.0 Å². The molecule has 0 aliphatic rings. The highest BCUT2D eigenvalue weighted by atomic mass is 32.2. The molecule has 7 heteroatoms. The molecule has 0 saturated heterocycles. The zero-order chi connectivity index (χ0) is 16.6. The second-order valence-electron chi connectivity index (χ2n) is 4.81. The van der Waals surface area contributed by atoms with Gasteiger partial charge in [-0.05, 0) is 38.1 Å². The number of ether oxygens (including phenoxy) is 2. The smallest absolute Gasteiger partial charge is 0.331 e. The number of hydrogen-bond donors (Lipinski definition) is 2. The van der Waals surface area contributed by atoms with Crippen LogP contribution in [-0.2, 0) is 14.3 Å². The fourth-order valence-corrected chi connectivity index (χ4v) is 2.43. The van der Waals surface area contributed by atoms with Crippen molar-refractivity contribution in [1.82, 2.24) is 5.32 Å². The molecule has 1 rings (SSSR count). The van der Waals surface area contributed by atoms with Crippen LogP contribution < -0.4 is 10.1 Å². The van der Waals surface area contributed by atoms with E-state index in [2.05, 4.69) is 5.32 Å². The van der Waals surface area contributed by atoms with Crippen LogP contribution in [0.2, 0.25) is 0 Å². The van der Waals surface area contributed by atoms with Gasteiger partial charge in [-0.2, -0.15) is 0 Å². The van der Waals surface area contributed by atoms with Gasteiger partial charge in [-0.25, -0.2) is 4.79 Å². The topological polar surface area (TPSA) is 84.9 Å². The van der Waals surface area contributed by atoms with E-state index >= 15 is 0 Å². The Morgan fingerprint density at radius 2 is 1.95 bits per heavy atom. The molecule has 6 nitrogen and oxygen atoms in total. The molecule has 1 aromatic carbocycles. The van der Waals surface area contributed by atoms with E-state index in [9.17, 15) is 9.59 Å². The Morgan fingerprint density at radius 1 is 1.32 bits per heavy atom. The Kier molecular flexibility index (Phi) is 7.20. The Bertz CT molecular complexity index is 505. The summed E-state index contributed by atoms with van der Waals surface area (Å²) >= 11 is 1.32. The van der Waals surface area contributed by atoms with Crippen molar-refractivity contribution in [1.29, 1.82) is 0 Å². The maximum atomic E-state index is 11.9. The molecule has 1 atom stereocenters. The van der Waals surface area contributed by atoms with Gasteiger partial charge in [0.05, 0.1) is 19.0 Å². The molecule has 122 valence electrons. The van der Waals surface area contributed by atoms with Crippen LogP contribution in [0.5, 0.6) is 5.75 Å². The molecule has 0 aliphatic heterocycles. The zero-order valence-corrected chi connectivity index (χ0v) is 13.7. The van der Waals surface area contributed by atoms with E-state index in [1.807, 2.05) is 31.2 Å². The molecule has 1 aromatic rings. The van der Waals surface area contributed by atoms with E-state index in [0.717, 1.165) is 10.6 Å². The molecule has 1 amide bonds. The summed E-state index contributed by atoms with van der Waals surface area (Å²) in [5.41, 5.74) is -1.43. The van der Waals surface area contributed by atoms with Crippen molar-refractivity contribution in [2.45, 2.75) is 24.3 Å². The monoisotopic (exact) mass is 327 g/mol. The molecule has 1 unspecified atom stereocenters. The third-order valence-corrected chi connectivity index (χ3v) is 3.84. The van der Waals surface area contributed by atoms with Crippen LogP contribution >= 0.6 is 11.8 Å². The highest BCUT2D eigenvalue weighted by molar-refractivity contribution is 8.00. The second kappa shape index (κ2) is 8.65. The minimum atomic E-state index is -1.43. The second-order valence-corrected chi connectivity index (χ2v) is 5.86. The Morgan fingerprint density at radius 3 is 2.45 bits per heavy atom. The van der Waals surface area contributed by atoms with Gasteiger partial charge < -0.3 is 19.9 Å². The maximum absolute atomic E-state index is 11.9. The molecule has 0 fully saturated rings.